The Hall–Kier alpha value is -8.54. The summed E-state index contributed by atoms with van der Waals surface area (Å²) in [6.45, 7) is 0. The number of hydrogen-bond acceptors (Lipinski definition) is 4. The van der Waals surface area contributed by atoms with Gasteiger partial charge in [0.15, 0.2) is 5.82 Å². The normalized spacial score (nSPS) is 11.5. The first-order valence-electron chi connectivity index (χ1n) is 21.2. The first-order valence-corrected chi connectivity index (χ1v) is 21.2. The fraction of sp³-hybridized carbons (Fsp3) is 0. The van der Waals surface area contributed by atoms with Crippen molar-refractivity contribution in [2.45, 2.75) is 0 Å². The van der Waals surface area contributed by atoms with Gasteiger partial charge in [-0.15, -0.1) is 0 Å². The van der Waals surface area contributed by atoms with Crippen molar-refractivity contribution >= 4 is 43.6 Å². The number of hydrogen-bond donors (Lipinski definition) is 0. The Morgan fingerprint density at radius 1 is 0.302 bits per heavy atom. The van der Waals surface area contributed by atoms with Crippen molar-refractivity contribution in [3.8, 4) is 73.2 Å². The average molecular weight is 804 g/mol. The van der Waals surface area contributed by atoms with Gasteiger partial charge in [-0.25, -0.2) is 19.9 Å². The van der Waals surface area contributed by atoms with E-state index in [9.17, 15) is 0 Å². The molecule has 5 heteroatoms. The van der Waals surface area contributed by atoms with Gasteiger partial charge in [0.2, 0.25) is 0 Å². The maximum Gasteiger partial charge on any atom is 0.160 e. The van der Waals surface area contributed by atoms with Crippen molar-refractivity contribution in [1.29, 1.82) is 0 Å². The van der Waals surface area contributed by atoms with Crippen LogP contribution in [0.1, 0.15) is 0 Å². The van der Waals surface area contributed by atoms with Crippen molar-refractivity contribution in [2.24, 2.45) is 0 Å². The molecule has 0 aliphatic rings. The van der Waals surface area contributed by atoms with Crippen LogP contribution in [0.2, 0.25) is 0 Å². The largest absolute Gasteiger partial charge is 0.292 e. The van der Waals surface area contributed by atoms with Crippen molar-refractivity contribution in [3.63, 3.8) is 0 Å². The summed E-state index contributed by atoms with van der Waals surface area (Å²) in [6, 6.07) is 78.4. The molecular weight excluding hydrogens is 767 g/mol. The summed E-state index contributed by atoms with van der Waals surface area (Å²) in [6.07, 6.45) is 0. The maximum atomic E-state index is 5.46. The molecule has 0 bridgehead atoms. The lowest BCUT2D eigenvalue weighted by atomic mass is 9.96. The summed E-state index contributed by atoms with van der Waals surface area (Å²) in [5.41, 5.74) is 15.3. The van der Waals surface area contributed by atoms with Gasteiger partial charge in [0.05, 0.1) is 33.5 Å². The smallest absolute Gasteiger partial charge is 0.160 e. The van der Waals surface area contributed by atoms with Crippen molar-refractivity contribution in [3.05, 3.63) is 224 Å². The molecule has 0 aliphatic carbocycles. The molecule has 63 heavy (non-hydrogen) atoms. The van der Waals surface area contributed by atoms with E-state index in [0.717, 1.165) is 99.9 Å². The van der Waals surface area contributed by atoms with E-state index < -0.39 is 0 Å². The Balaban J connectivity index is 0.960. The van der Waals surface area contributed by atoms with Crippen LogP contribution < -0.4 is 0 Å². The third-order valence-corrected chi connectivity index (χ3v) is 12.0. The van der Waals surface area contributed by atoms with Gasteiger partial charge in [0, 0.05) is 44.1 Å². The van der Waals surface area contributed by atoms with E-state index in [4.69, 9.17) is 19.9 Å². The Bertz CT molecular complexity index is 3640. The minimum Gasteiger partial charge on any atom is -0.292 e. The minimum atomic E-state index is 0.690. The number of aromatic nitrogens is 5. The molecule has 3 heterocycles. The summed E-state index contributed by atoms with van der Waals surface area (Å²) in [5, 5.41) is 4.28. The van der Waals surface area contributed by atoms with Gasteiger partial charge in [-0.2, -0.15) is 0 Å². The monoisotopic (exact) mass is 803 g/mol. The third-order valence-electron chi connectivity index (χ3n) is 12.0. The van der Waals surface area contributed by atoms with Crippen LogP contribution in [-0.2, 0) is 0 Å². The molecular formula is C58H37N5. The maximum absolute atomic E-state index is 5.46. The Morgan fingerprint density at radius 2 is 0.825 bits per heavy atom. The highest BCUT2D eigenvalue weighted by atomic mass is 15.1. The predicted octanol–water partition coefficient (Wildman–Crippen LogP) is 14.7. The lowest BCUT2D eigenvalue weighted by molar-refractivity contribution is 1.10. The number of benzene rings is 9. The molecule has 9 aromatic carbocycles. The van der Waals surface area contributed by atoms with Gasteiger partial charge in [-0.3, -0.25) is 4.57 Å². The number of fused-ring (bicyclic) bond motifs is 6. The lowest BCUT2D eigenvalue weighted by Crippen LogP contribution is -1.97. The zero-order valence-corrected chi connectivity index (χ0v) is 34.1. The summed E-state index contributed by atoms with van der Waals surface area (Å²) >= 11 is 0. The first-order chi connectivity index (χ1) is 31.2. The van der Waals surface area contributed by atoms with E-state index >= 15 is 0 Å². The number of nitrogens with zero attached hydrogens (tertiary/aromatic N) is 5. The Labute approximate surface area is 364 Å². The summed E-state index contributed by atoms with van der Waals surface area (Å²) < 4.78 is 2.27. The molecule has 12 aromatic rings. The molecule has 0 saturated carbocycles. The molecule has 294 valence electrons. The summed E-state index contributed by atoms with van der Waals surface area (Å²) in [7, 11) is 0. The van der Waals surface area contributed by atoms with E-state index in [0.29, 0.717) is 5.82 Å². The van der Waals surface area contributed by atoms with Crippen LogP contribution in [0.4, 0.5) is 0 Å². The van der Waals surface area contributed by atoms with Gasteiger partial charge in [-0.05, 0) is 64.0 Å². The molecule has 3 aromatic heterocycles. The second kappa shape index (κ2) is 15.2. The molecule has 12 rings (SSSR count). The second-order valence-electron chi connectivity index (χ2n) is 15.8. The fourth-order valence-electron chi connectivity index (χ4n) is 8.95. The van der Waals surface area contributed by atoms with Gasteiger partial charge < -0.3 is 0 Å². The number of para-hydroxylation sites is 3. The van der Waals surface area contributed by atoms with Crippen LogP contribution in [0.5, 0.6) is 0 Å². The highest BCUT2D eigenvalue weighted by Crippen LogP contribution is 2.40. The van der Waals surface area contributed by atoms with Crippen LogP contribution in [0, 0.1) is 0 Å². The van der Waals surface area contributed by atoms with Crippen molar-refractivity contribution in [2.75, 3.05) is 0 Å². The number of imidazole rings is 1. The topological polar surface area (TPSA) is 56.5 Å². The highest BCUT2D eigenvalue weighted by molar-refractivity contribution is 6.20. The molecule has 0 atom stereocenters. The molecule has 5 nitrogen and oxygen atoms in total. The number of rotatable bonds is 7. The lowest BCUT2D eigenvalue weighted by Gasteiger charge is -2.13. The van der Waals surface area contributed by atoms with Crippen LogP contribution in [-0.4, -0.2) is 24.5 Å². The summed E-state index contributed by atoms with van der Waals surface area (Å²) in [4.78, 5) is 21.1. The second-order valence-corrected chi connectivity index (χ2v) is 15.8. The van der Waals surface area contributed by atoms with E-state index in [1.165, 1.54) is 11.1 Å². The highest BCUT2D eigenvalue weighted by Gasteiger charge is 2.21. The van der Waals surface area contributed by atoms with E-state index in [1.807, 2.05) is 18.2 Å². The Kier molecular flexibility index (Phi) is 8.75. The van der Waals surface area contributed by atoms with Crippen LogP contribution in [0.25, 0.3) is 117 Å². The molecule has 0 radical (unpaired) electrons. The average Bonchev–Trinajstić information content (AvgIpc) is 3.77. The van der Waals surface area contributed by atoms with Crippen molar-refractivity contribution in [1.82, 2.24) is 24.5 Å². The molecule has 0 saturated heterocycles. The van der Waals surface area contributed by atoms with Gasteiger partial charge >= 0.3 is 0 Å². The standard InChI is InChI=1S/C58H37N5/c1-4-15-38(16-5-1)39-27-31-41(32-28-39)54-49-24-11-13-26-51(49)60-57(61-54)45-20-14-19-44(37-45)40-29-33-42(34-30-40)55-53-48(47-23-10-12-25-50(47)59-55)35-36-52-56(53)62-58(43-17-6-2-7-18-43)63(52)46-21-8-3-9-22-46/h1-37H. The van der Waals surface area contributed by atoms with Gasteiger partial charge in [-0.1, -0.05) is 188 Å². The number of pyridine rings is 1. The predicted molar refractivity (Wildman–Crippen MR) is 260 cm³/mol. The minimum absolute atomic E-state index is 0.690. The molecule has 0 unspecified atom stereocenters. The molecule has 0 spiro atoms. The molecule has 0 fully saturated rings. The van der Waals surface area contributed by atoms with E-state index in [2.05, 4.69) is 211 Å². The Morgan fingerprint density at radius 3 is 1.54 bits per heavy atom. The summed E-state index contributed by atoms with van der Waals surface area (Å²) in [5.74, 6) is 1.58. The zero-order chi connectivity index (χ0) is 41.7. The SMILES string of the molecule is c1ccc(-c2ccc(-c3nc(-c4cccc(-c5ccc(-c6nc7ccccc7c7ccc8c(nc(-c9ccccc9)n8-c8ccccc8)c67)cc5)c4)nc4ccccc34)cc2)cc1. The van der Waals surface area contributed by atoms with Crippen LogP contribution in [0.15, 0.2) is 224 Å². The third kappa shape index (κ3) is 6.42. The molecule has 0 aliphatic heterocycles. The quantitative estimate of drug-likeness (QED) is 0.151. The van der Waals surface area contributed by atoms with Gasteiger partial charge in [0.1, 0.15) is 5.82 Å². The van der Waals surface area contributed by atoms with Gasteiger partial charge in [0.25, 0.3) is 0 Å². The van der Waals surface area contributed by atoms with Crippen molar-refractivity contribution < 1.29 is 0 Å². The molecule has 0 N–H and O–H groups in total. The van der Waals surface area contributed by atoms with Crippen LogP contribution >= 0.6 is 0 Å². The van der Waals surface area contributed by atoms with E-state index in [-0.39, 0.29) is 0 Å². The molecule has 0 amide bonds. The first kappa shape index (κ1) is 36.3. The van der Waals surface area contributed by atoms with E-state index in [1.54, 1.807) is 0 Å². The zero-order valence-electron chi connectivity index (χ0n) is 34.1. The fourth-order valence-corrected chi connectivity index (χ4v) is 8.95. The van der Waals surface area contributed by atoms with Crippen LogP contribution in [0.3, 0.4) is 0 Å².